The van der Waals surface area contributed by atoms with Gasteiger partial charge in [0.05, 0.1) is 11.0 Å². The third-order valence-corrected chi connectivity index (χ3v) is 4.16. The number of aryl methyl sites for hydroxylation is 2. The molecule has 0 fully saturated rings. The molecule has 0 amide bonds. The van der Waals surface area contributed by atoms with E-state index in [1.165, 1.54) is 0 Å². The average Bonchev–Trinajstić information content (AvgIpc) is 2.24. The zero-order valence-corrected chi connectivity index (χ0v) is 12.8. The van der Waals surface area contributed by atoms with Crippen LogP contribution in [0.1, 0.15) is 31.4 Å². The maximum atomic E-state index is 12.1. The fourth-order valence-corrected chi connectivity index (χ4v) is 3.27. The quantitative estimate of drug-likeness (QED) is 0.840. The number of aliphatic hydroxyl groups is 1. The Kier molecular flexibility index (Phi) is 5.52. The minimum atomic E-state index is -3.55. The highest BCUT2D eigenvalue weighted by atomic mass is 32.2. The van der Waals surface area contributed by atoms with Crippen LogP contribution in [-0.4, -0.2) is 26.2 Å². The molecular formula is C14H23NO3S. The number of hydrogen-bond acceptors (Lipinski definition) is 3. The Balaban J connectivity index is 2.76. The molecular weight excluding hydrogens is 262 g/mol. The summed E-state index contributed by atoms with van der Waals surface area (Å²) in [5.41, 5.74) is 1.81. The van der Waals surface area contributed by atoms with Crippen molar-refractivity contribution in [1.29, 1.82) is 0 Å². The highest BCUT2D eigenvalue weighted by Crippen LogP contribution is 2.14. The summed E-state index contributed by atoms with van der Waals surface area (Å²) >= 11 is 0. The number of rotatable bonds is 6. The molecule has 0 aromatic heterocycles. The topological polar surface area (TPSA) is 66.4 Å². The first-order valence-corrected chi connectivity index (χ1v) is 7.95. The van der Waals surface area contributed by atoms with E-state index < -0.39 is 16.1 Å². The van der Waals surface area contributed by atoms with E-state index in [1.54, 1.807) is 12.1 Å². The van der Waals surface area contributed by atoms with Crippen molar-refractivity contribution in [2.75, 3.05) is 6.54 Å². The lowest BCUT2D eigenvalue weighted by Crippen LogP contribution is -2.32. The molecule has 0 radical (unpaired) electrons. The second-order valence-corrected chi connectivity index (χ2v) is 7.23. The van der Waals surface area contributed by atoms with Crippen molar-refractivity contribution in [3.05, 3.63) is 29.3 Å². The first-order chi connectivity index (χ1) is 8.70. The smallest absolute Gasteiger partial charge is 0.240 e. The van der Waals surface area contributed by atoms with E-state index in [0.29, 0.717) is 12.3 Å². The Morgan fingerprint density at radius 2 is 1.68 bits per heavy atom. The van der Waals surface area contributed by atoms with Crippen LogP contribution < -0.4 is 4.72 Å². The fraction of sp³-hybridized carbons (Fsp3) is 0.571. The van der Waals surface area contributed by atoms with Gasteiger partial charge in [0.25, 0.3) is 0 Å². The summed E-state index contributed by atoms with van der Waals surface area (Å²) in [6.07, 6.45) is -0.0734. The van der Waals surface area contributed by atoms with Gasteiger partial charge in [-0.3, -0.25) is 0 Å². The molecule has 0 spiro atoms. The van der Waals surface area contributed by atoms with E-state index in [4.69, 9.17) is 0 Å². The number of aliphatic hydroxyl groups excluding tert-OH is 1. The lowest BCUT2D eigenvalue weighted by Gasteiger charge is -2.14. The molecule has 0 aliphatic rings. The average molecular weight is 285 g/mol. The SMILES string of the molecule is Cc1cc(C)cc(S(=O)(=O)NCC(O)CC(C)C)c1. The van der Waals surface area contributed by atoms with E-state index in [9.17, 15) is 13.5 Å². The molecule has 0 saturated heterocycles. The summed E-state index contributed by atoms with van der Waals surface area (Å²) in [6.45, 7) is 7.75. The zero-order valence-electron chi connectivity index (χ0n) is 12.0. The van der Waals surface area contributed by atoms with Crippen LogP contribution in [0.25, 0.3) is 0 Å². The molecule has 4 nitrogen and oxygen atoms in total. The number of benzene rings is 1. The monoisotopic (exact) mass is 285 g/mol. The van der Waals surface area contributed by atoms with Gasteiger partial charge in [0.1, 0.15) is 0 Å². The molecule has 5 heteroatoms. The molecule has 1 aromatic rings. The van der Waals surface area contributed by atoms with E-state index in [1.807, 2.05) is 33.8 Å². The minimum absolute atomic E-state index is 0.0491. The molecule has 1 atom stereocenters. The third kappa shape index (κ3) is 5.30. The van der Waals surface area contributed by atoms with Gasteiger partial charge in [-0.1, -0.05) is 19.9 Å². The minimum Gasteiger partial charge on any atom is -0.392 e. The largest absolute Gasteiger partial charge is 0.392 e. The van der Waals surface area contributed by atoms with Gasteiger partial charge in [-0.05, 0) is 49.4 Å². The summed E-state index contributed by atoms with van der Waals surface area (Å²) in [6, 6.07) is 5.18. The lowest BCUT2D eigenvalue weighted by molar-refractivity contribution is 0.152. The van der Waals surface area contributed by atoms with Crippen molar-refractivity contribution < 1.29 is 13.5 Å². The molecule has 1 rings (SSSR count). The van der Waals surface area contributed by atoms with Gasteiger partial charge in [0, 0.05) is 6.54 Å². The predicted octanol–water partition coefficient (Wildman–Crippen LogP) is 1.99. The normalized spacial score (nSPS) is 13.8. The van der Waals surface area contributed by atoms with Crippen LogP contribution >= 0.6 is 0 Å². The number of sulfonamides is 1. The molecule has 1 aromatic carbocycles. The molecule has 1 unspecified atom stereocenters. The van der Waals surface area contributed by atoms with Gasteiger partial charge >= 0.3 is 0 Å². The van der Waals surface area contributed by atoms with Crippen LogP contribution in [0, 0.1) is 19.8 Å². The van der Waals surface area contributed by atoms with Crippen molar-refractivity contribution in [3.63, 3.8) is 0 Å². The maximum absolute atomic E-state index is 12.1. The summed E-state index contributed by atoms with van der Waals surface area (Å²) in [5, 5.41) is 9.71. The highest BCUT2D eigenvalue weighted by Gasteiger charge is 2.17. The van der Waals surface area contributed by atoms with E-state index >= 15 is 0 Å². The van der Waals surface area contributed by atoms with Crippen molar-refractivity contribution in [2.24, 2.45) is 5.92 Å². The molecule has 0 bridgehead atoms. The molecule has 0 aliphatic carbocycles. The first-order valence-electron chi connectivity index (χ1n) is 6.46. The molecule has 19 heavy (non-hydrogen) atoms. The predicted molar refractivity (Wildman–Crippen MR) is 76.6 cm³/mol. The molecule has 0 aliphatic heterocycles. The third-order valence-electron chi connectivity index (χ3n) is 2.76. The Morgan fingerprint density at radius 1 is 1.16 bits per heavy atom. The Hall–Kier alpha value is -0.910. The summed E-state index contributed by atoms with van der Waals surface area (Å²) < 4.78 is 26.7. The summed E-state index contributed by atoms with van der Waals surface area (Å²) in [5.74, 6) is 0.334. The zero-order chi connectivity index (χ0) is 14.6. The lowest BCUT2D eigenvalue weighted by atomic mass is 10.1. The number of hydrogen-bond donors (Lipinski definition) is 2. The van der Waals surface area contributed by atoms with Crippen LogP contribution in [-0.2, 0) is 10.0 Å². The van der Waals surface area contributed by atoms with Crippen LogP contribution in [0.2, 0.25) is 0 Å². The molecule has 108 valence electrons. The van der Waals surface area contributed by atoms with Crippen molar-refractivity contribution >= 4 is 10.0 Å². The Bertz CT molecular complexity index is 503. The van der Waals surface area contributed by atoms with Crippen molar-refractivity contribution in [3.8, 4) is 0 Å². The Labute approximate surface area is 115 Å². The molecule has 2 N–H and O–H groups in total. The van der Waals surface area contributed by atoms with Crippen LogP contribution in [0.5, 0.6) is 0 Å². The van der Waals surface area contributed by atoms with Gasteiger partial charge in [-0.15, -0.1) is 0 Å². The second-order valence-electron chi connectivity index (χ2n) is 5.46. The molecule has 0 saturated carbocycles. The second kappa shape index (κ2) is 6.50. The van der Waals surface area contributed by atoms with Crippen LogP contribution in [0.4, 0.5) is 0 Å². The van der Waals surface area contributed by atoms with Crippen LogP contribution in [0.15, 0.2) is 23.1 Å². The summed E-state index contributed by atoms with van der Waals surface area (Å²) in [7, 11) is -3.55. The maximum Gasteiger partial charge on any atom is 0.240 e. The van der Waals surface area contributed by atoms with Gasteiger partial charge < -0.3 is 5.11 Å². The fourth-order valence-electron chi connectivity index (χ4n) is 2.00. The highest BCUT2D eigenvalue weighted by molar-refractivity contribution is 7.89. The Morgan fingerprint density at radius 3 is 2.16 bits per heavy atom. The molecule has 0 heterocycles. The van der Waals surface area contributed by atoms with Crippen molar-refractivity contribution in [1.82, 2.24) is 4.72 Å². The van der Waals surface area contributed by atoms with Gasteiger partial charge in [0.2, 0.25) is 10.0 Å². The van der Waals surface area contributed by atoms with Gasteiger partial charge in [0.15, 0.2) is 0 Å². The van der Waals surface area contributed by atoms with E-state index in [0.717, 1.165) is 11.1 Å². The van der Waals surface area contributed by atoms with E-state index in [2.05, 4.69) is 4.72 Å². The van der Waals surface area contributed by atoms with Crippen LogP contribution in [0.3, 0.4) is 0 Å². The van der Waals surface area contributed by atoms with E-state index in [-0.39, 0.29) is 11.4 Å². The van der Waals surface area contributed by atoms with Gasteiger partial charge in [-0.2, -0.15) is 0 Å². The number of nitrogens with one attached hydrogen (secondary N) is 1. The first kappa shape index (κ1) is 16.1. The summed E-state index contributed by atoms with van der Waals surface area (Å²) in [4.78, 5) is 0.252. The standard InChI is InChI=1S/C14H23NO3S/c1-10(2)5-13(16)9-15-19(17,18)14-7-11(3)6-12(4)8-14/h6-8,10,13,15-16H,5,9H2,1-4H3. The van der Waals surface area contributed by atoms with Gasteiger partial charge in [-0.25, -0.2) is 13.1 Å². The van der Waals surface area contributed by atoms with Crippen molar-refractivity contribution in [2.45, 2.75) is 45.1 Å².